The van der Waals surface area contributed by atoms with E-state index >= 15 is 0 Å². The topological polar surface area (TPSA) is 124 Å². The molecule has 0 aliphatic carbocycles. The van der Waals surface area contributed by atoms with Gasteiger partial charge in [-0.3, -0.25) is 0 Å². The zero-order valence-corrected chi connectivity index (χ0v) is 12.2. The van der Waals surface area contributed by atoms with E-state index in [-0.39, 0.29) is 13.0 Å². The number of alkyl carbamates (subject to hydrolysis) is 1. The molecule has 8 nitrogen and oxygen atoms in total. The molecule has 0 heterocycles. The Morgan fingerprint density at radius 1 is 1.41 bits per heavy atom. The molecule has 0 bridgehead atoms. The normalized spacial score (nSPS) is 11.1. The second kappa shape index (κ2) is 9.25. The number of hydrogen-bond donors (Lipinski definition) is 2. The number of unbranched alkanes of at least 4 members (excludes halogenated alkanes) is 1. The number of carboxylic acid groups (broad SMARTS) is 1. The van der Waals surface area contributed by atoms with Gasteiger partial charge in [0.15, 0.2) is 0 Å². The summed E-state index contributed by atoms with van der Waals surface area (Å²) in [7, 11) is 0. The number of aliphatic carboxylic acids is 1. The van der Waals surface area contributed by atoms with Crippen molar-refractivity contribution in [3.05, 3.63) is 40.3 Å². The van der Waals surface area contributed by atoms with Gasteiger partial charge >= 0.3 is 12.1 Å². The minimum absolute atomic E-state index is 0.106. The highest BCUT2D eigenvalue weighted by Gasteiger charge is 2.21. The van der Waals surface area contributed by atoms with Crippen LogP contribution in [0, 0.1) is 0 Å². The van der Waals surface area contributed by atoms with E-state index in [0.29, 0.717) is 11.3 Å². The summed E-state index contributed by atoms with van der Waals surface area (Å²) in [6, 6.07) is 5.36. The van der Waals surface area contributed by atoms with Crippen molar-refractivity contribution in [3.63, 3.8) is 0 Å². The van der Waals surface area contributed by atoms with Crippen molar-refractivity contribution in [2.45, 2.75) is 32.2 Å². The monoisotopic (exact) mass is 306 g/mol. The Kier molecular flexibility index (Phi) is 7.28. The lowest BCUT2D eigenvalue weighted by atomic mass is 10.1. The first-order valence-corrected chi connectivity index (χ1v) is 6.87. The average Bonchev–Trinajstić information content (AvgIpc) is 2.49. The number of rotatable bonds is 8. The van der Waals surface area contributed by atoms with E-state index in [2.05, 4.69) is 15.3 Å². The van der Waals surface area contributed by atoms with Crippen molar-refractivity contribution in [3.8, 4) is 0 Å². The smallest absolute Gasteiger partial charge is 0.407 e. The molecule has 0 saturated heterocycles. The van der Waals surface area contributed by atoms with Gasteiger partial charge in [0.05, 0.1) is 6.61 Å². The maximum atomic E-state index is 11.5. The zero-order chi connectivity index (χ0) is 16.4. The maximum Gasteiger partial charge on any atom is 0.407 e. The van der Waals surface area contributed by atoms with Gasteiger partial charge in [-0.2, -0.15) is 0 Å². The quantitative estimate of drug-likeness (QED) is 0.331. The maximum absolute atomic E-state index is 11.5. The number of hydrogen-bond acceptors (Lipinski definition) is 4. The van der Waals surface area contributed by atoms with Gasteiger partial charge in [0, 0.05) is 17.0 Å². The van der Waals surface area contributed by atoms with Crippen molar-refractivity contribution in [1.29, 1.82) is 0 Å². The number of azide groups is 1. The Hall–Kier alpha value is -2.73. The number of carboxylic acids is 1. The van der Waals surface area contributed by atoms with E-state index in [9.17, 15) is 9.59 Å². The second-order valence-corrected chi connectivity index (χ2v) is 4.58. The Morgan fingerprint density at radius 2 is 2.09 bits per heavy atom. The lowest BCUT2D eigenvalue weighted by Gasteiger charge is -2.14. The number of nitrogens with zero attached hydrogens (tertiary/aromatic N) is 3. The van der Waals surface area contributed by atoms with Crippen molar-refractivity contribution >= 4 is 17.7 Å². The van der Waals surface area contributed by atoms with Gasteiger partial charge in [-0.05, 0) is 17.5 Å². The van der Waals surface area contributed by atoms with Gasteiger partial charge < -0.3 is 15.2 Å². The van der Waals surface area contributed by atoms with Crippen LogP contribution in [-0.2, 0) is 16.0 Å². The van der Waals surface area contributed by atoms with Crippen molar-refractivity contribution in [2.75, 3.05) is 6.61 Å². The van der Waals surface area contributed by atoms with Gasteiger partial charge in [-0.25, -0.2) is 9.59 Å². The highest BCUT2D eigenvalue weighted by atomic mass is 16.5. The Morgan fingerprint density at radius 3 is 2.64 bits per heavy atom. The van der Waals surface area contributed by atoms with Crippen LogP contribution in [0.1, 0.15) is 25.3 Å². The minimum atomic E-state index is -1.15. The van der Waals surface area contributed by atoms with Crippen LogP contribution in [0.25, 0.3) is 10.4 Å². The molecule has 1 atom stereocenters. The Balaban J connectivity index is 2.61. The fraction of sp³-hybridized carbons (Fsp3) is 0.429. The third-order valence-electron chi connectivity index (χ3n) is 2.86. The molecule has 22 heavy (non-hydrogen) atoms. The first kappa shape index (κ1) is 17.3. The third kappa shape index (κ3) is 6.15. The number of amides is 1. The van der Waals surface area contributed by atoms with E-state index in [4.69, 9.17) is 15.4 Å². The van der Waals surface area contributed by atoms with Crippen LogP contribution in [-0.4, -0.2) is 29.8 Å². The van der Waals surface area contributed by atoms with Crippen LogP contribution >= 0.6 is 0 Å². The summed E-state index contributed by atoms with van der Waals surface area (Å²) in [5.74, 6) is -1.15. The molecule has 0 radical (unpaired) electrons. The summed E-state index contributed by atoms with van der Waals surface area (Å²) < 4.78 is 4.88. The predicted molar refractivity (Wildman–Crippen MR) is 79.8 cm³/mol. The SMILES string of the molecule is CCCCOC(=O)N[C@@H](Cc1ccc(N=[N+]=[N-])cc1)C(=O)O. The molecule has 2 N–H and O–H groups in total. The molecule has 1 aromatic carbocycles. The molecule has 0 spiro atoms. The van der Waals surface area contributed by atoms with Crippen molar-refractivity contribution < 1.29 is 19.4 Å². The molecule has 1 rings (SSSR count). The first-order valence-electron chi connectivity index (χ1n) is 6.87. The predicted octanol–water partition coefficient (Wildman–Crippen LogP) is 3.15. The summed E-state index contributed by atoms with van der Waals surface area (Å²) in [5, 5.41) is 14.9. The molecular formula is C14H18N4O4. The van der Waals surface area contributed by atoms with E-state index in [1.807, 2.05) is 6.92 Å². The van der Waals surface area contributed by atoms with Gasteiger partial charge in [0.25, 0.3) is 0 Å². The molecule has 0 unspecified atom stereocenters. The highest BCUT2D eigenvalue weighted by molar-refractivity contribution is 5.80. The van der Waals surface area contributed by atoms with Crippen molar-refractivity contribution in [1.82, 2.24) is 5.32 Å². The van der Waals surface area contributed by atoms with Gasteiger partial charge in [-0.15, -0.1) is 0 Å². The number of carbonyl (C=O) groups is 2. The lowest BCUT2D eigenvalue weighted by molar-refractivity contribution is -0.139. The number of nitrogens with one attached hydrogen (secondary N) is 1. The molecule has 0 aromatic heterocycles. The highest BCUT2D eigenvalue weighted by Crippen LogP contribution is 2.14. The number of benzene rings is 1. The van der Waals surface area contributed by atoms with Crippen LogP contribution in [0.5, 0.6) is 0 Å². The zero-order valence-electron chi connectivity index (χ0n) is 12.2. The summed E-state index contributed by atoms with van der Waals surface area (Å²) in [6.45, 7) is 2.22. The molecule has 118 valence electrons. The summed E-state index contributed by atoms with van der Waals surface area (Å²) in [6.07, 6.45) is 0.972. The molecule has 0 aliphatic rings. The van der Waals surface area contributed by atoms with Crippen molar-refractivity contribution in [2.24, 2.45) is 5.11 Å². The molecular weight excluding hydrogens is 288 g/mol. The van der Waals surface area contributed by atoms with E-state index in [1.165, 1.54) is 0 Å². The molecule has 1 amide bonds. The Bertz CT molecular complexity index is 552. The largest absolute Gasteiger partial charge is 0.480 e. The average molecular weight is 306 g/mol. The molecule has 0 fully saturated rings. The van der Waals surface area contributed by atoms with Crippen LogP contribution in [0.4, 0.5) is 10.5 Å². The summed E-state index contributed by atoms with van der Waals surface area (Å²) in [5.41, 5.74) is 9.44. The molecule has 8 heteroatoms. The minimum Gasteiger partial charge on any atom is -0.480 e. The van der Waals surface area contributed by atoms with Gasteiger partial charge in [0.2, 0.25) is 0 Å². The molecule has 0 saturated carbocycles. The van der Waals surface area contributed by atoms with Crippen LogP contribution < -0.4 is 5.32 Å². The first-order chi connectivity index (χ1) is 10.6. The molecule has 1 aromatic rings. The summed E-state index contributed by atoms with van der Waals surface area (Å²) in [4.78, 5) is 25.4. The van der Waals surface area contributed by atoms with Crippen LogP contribution in [0.15, 0.2) is 29.4 Å². The van der Waals surface area contributed by atoms with Gasteiger partial charge in [-0.1, -0.05) is 42.7 Å². The van der Waals surface area contributed by atoms with Gasteiger partial charge in [0.1, 0.15) is 6.04 Å². The number of ether oxygens (including phenoxy) is 1. The van der Waals surface area contributed by atoms with Crippen LogP contribution in [0.3, 0.4) is 0 Å². The Labute approximate surface area is 127 Å². The lowest BCUT2D eigenvalue weighted by Crippen LogP contribution is -2.42. The second-order valence-electron chi connectivity index (χ2n) is 4.58. The van der Waals surface area contributed by atoms with E-state index in [0.717, 1.165) is 12.8 Å². The molecule has 0 aliphatic heterocycles. The summed E-state index contributed by atoms with van der Waals surface area (Å²) >= 11 is 0. The number of carbonyl (C=O) groups excluding carboxylic acids is 1. The standard InChI is InChI=1S/C14H18N4O4/c1-2-3-8-22-14(21)16-12(13(19)20)9-10-4-6-11(7-5-10)17-18-15/h4-7,12H,2-3,8-9H2,1H3,(H,16,21)(H,19,20)/t12-/m0/s1. The van der Waals surface area contributed by atoms with E-state index < -0.39 is 18.1 Å². The third-order valence-corrected chi connectivity index (χ3v) is 2.86. The fourth-order valence-corrected chi connectivity index (χ4v) is 1.68. The van der Waals surface area contributed by atoms with Crippen LogP contribution in [0.2, 0.25) is 0 Å². The fourth-order valence-electron chi connectivity index (χ4n) is 1.68. The van der Waals surface area contributed by atoms with E-state index in [1.54, 1.807) is 24.3 Å².